The van der Waals surface area contributed by atoms with E-state index in [2.05, 4.69) is 20.7 Å². The van der Waals surface area contributed by atoms with Crippen molar-refractivity contribution >= 4 is 35.8 Å². The molecule has 1 amide bonds. The molecule has 154 valence electrons. The molecule has 0 aliphatic rings. The largest absolute Gasteiger partial charge is 0.357 e. The predicted octanol–water partition coefficient (Wildman–Crippen LogP) is 2.66. The summed E-state index contributed by atoms with van der Waals surface area (Å²) in [6.45, 7) is 7.15. The number of nitrogens with zero attached hydrogens (tertiary/aromatic N) is 4. The smallest absolute Gasteiger partial charge is 0.253 e. The minimum absolute atomic E-state index is 0. The Morgan fingerprint density at radius 1 is 1.21 bits per heavy atom. The summed E-state index contributed by atoms with van der Waals surface area (Å²) in [7, 11) is 3.50. The van der Waals surface area contributed by atoms with Crippen LogP contribution in [0.25, 0.3) is 0 Å². The lowest BCUT2D eigenvalue weighted by atomic mass is 10.1. The zero-order valence-corrected chi connectivity index (χ0v) is 19.4. The quantitative estimate of drug-likeness (QED) is 0.254. The van der Waals surface area contributed by atoms with E-state index >= 15 is 0 Å². The predicted molar refractivity (Wildman–Crippen MR) is 124 cm³/mol. The van der Waals surface area contributed by atoms with Crippen molar-refractivity contribution in [1.29, 1.82) is 0 Å². The summed E-state index contributed by atoms with van der Waals surface area (Å²) in [6, 6.07) is 7.59. The fourth-order valence-corrected chi connectivity index (χ4v) is 2.56. The van der Waals surface area contributed by atoms with Crippen molar-refractivity contribution in [2.75, 3.05) is 27.2 Å². The average Bonchev–Trinajstić information content (AvgIpc) is 3.08. The number of aryl methyl sites for hydroxylation is 2. The van der Waals surface area contributed by atoms with Crippen LogP contribution in [0.15, 0.2) is 41.7 Å². The van der Waals surface area contributed by atoms with E-state index in [1.807, 2.05) is 55.2 Å². The van der Waals surface area contributed by atoms with Gasteiger partial charge in [-0.2, -0.15) is 5.10 Å². The Morgan fingerprint density at radius 2 is 1.93 bits per heavy atom. The number of guanidine groups is 1. The Morgan fingerprint density at radius 3 is 2.50 bits per heavy atom. The summed E-state index contributed by atoms with van der Waals surface area (Å²) in [5, 5.41) is 10.9. The molecule has 1 aromatic carbocycles. The third-order valence-corrected chi connectivity index (χ3v) is 3.99. The highest BCUT2D eigenvalue weighted by atomic mass is 127. The van der Waals surface area contributed by atoms with Crippen LogP contribution in [0, 0.1) is 6.92 Å². The number of carbonyl (C=O) groups is 1. The maximum atomic E-state index is 11.9. The molecule has 1 heterocycles. The van der Waals surface area contributed by atoms with Crippen molar-refractivity contribution in [3.8, 4) is 0 Å². The molecule has 28 heavy (non-hydrogen) atoms. The zero-order valence-electron chi connectivity index (χ0n) is 17.1. The average molecular weight is 498 g/mol. The summed E-state index contributed by atoms with van der Waals surface area (Å²) >= 11 is 0. The third kappa shape index (κ3) is 7.87. The molecule has 0 spiro atoms. The first kappa shape index (κ1) is 23.9. The number of amides is 1. The molecule has 0 aliphatic heterocycles. The highest BCUT2D eigenvalue weighted by Gasteiger charge is 2.07. The van der Waals surface area contributed by atoms with Gasteiger partial charge in [-0.05, 0) is 43.5 Å². The summed E-state index contributed by atoms with van der Waals surface area (Å²) in [5.74, 6) is 0.801. The molecule has 0 unspecified atom stereocenters. The summed E-state index contributed by atoms with van der Waals surface area (Å²) in [4.78, 5) is 18.1. The molecular weight excluding hydrogens is 467 g/mol. The van der Waals surface area contributed by atoms with Crippen molar-refractivity contribution in [3.05, 3.63) is 53.3 Å². The van der Waals surface area contributed by atoms with Gasteiger partial charge >= 0.3 is 0 Å². The van der Waals surface area contributed by atoms with Gasteiger partial charge in [0.05, 0.1) is 12.7 Å². The summed E-state index contributed by atoms with van der Waals surface area (Å²) in [5.41, 5.74) is 2.93. The van der Waals surface area contributed by atoms with Crippen LogP contribution in [-0.2, 0) is 13.1 Å². The van der Waals surface area contributed by atoms with Crippen molar-refractivity contribution in [3.63, 3.8) is 0 Å². The van der Waals surface area contributed by atoms with Crippen LogP contribution in [0.4, 0.5) is 0 Å². The molecule has 7 nitrogen and oxygen atoms in total. The number of nitrogens with one attached hydrogen (secondary N) is 2. The first-order valence-corrected chi connectivity index (χ1v) is 9.31. The Bertz CT molecular complexity index is 754. The molecule has 1 aromatic heterocycles. The maximum Gasteiger partial charge on any atom is 0.253 e. The maximum absolute atomic E-state index is 11.9. The van der Waals surface area contributed by atoms with Crippen LogP contribution in [0.5, 0.6) is 0 Å². The summed E-state index contributed by atoms with van der Waals surface area (Å²) < 4.78 is 1.96. The lowest BCUT2D eigenvalue weighted by Crippen LogP contribution is -2.38. The molecule has 0 saturated heterocycles. The van der Waals surface area contributed by atoms with E-state index in [-0.39, 0.29) is 29.9 Å². The number of hydrogen-bond acceptors (Lipinski definition) is 3. The van der Waals surface area contributed by atoms with E-state index in [9.17, 15) is 4.79 Å². The standard InChI is InChI=1S/C20H30N6O.HI/c1-5-21-20(22-11-6-12-26-15-16(2)13-24-26)23-14-17-7-9-18(10-8-17)19(27)25(3)4;/h7-10,13,15H,5-6,11-12,14H2,1-4H3,(H2,21,22,23);1H. The van der Waals surface area contributed by atoms with Gasteiger partial charge in [0.25, 0.3) is 5.91 Å². The molecule has 0 atom stereocenters. The van der Waals surface area contributed by atoms with Gasteiger partial charge < -0.3 is 15.5 Å². The lowest BCUT2D eigenvalue weighted by Gasteiger charge is -2.12. The van der Waals surface area contributed by atoms with Crippen LogP contribution in [0.1, 0.15) is 34.8 Å². The fourth-order valence-electron chi connectivity index (χ4n) is 2.56. The van der Waals surface area contributed by atoms with Gasteiger partial charge in [0, 0.05) is 45.5 Å². The summed E-state index contributed by atoms with van der Waals surface area (Å²) in [6.07, 6.45) is 4.88. The number of aromatic nitrogens is 2. The van der Waals surface area contributed by atoms with Gasteiger partial charge in [-0.1, -0.05) is 12.1 Å². The monoisotopic (exact) mass is 498 g/mol. The van der Waals surface area contributed by atoms with E-state index in [0.717, 1.165) is 37.6 Å². The van der Waals surface area contributed by atoms with Crippen molar-refractivity contribution in [1.82, 2.24) is 25.3 Å². The Labute approximate surface area is 184 Å². The third-order valence-electron chi connectivity index (χ3n) is 3.99. The minimum Gasteiger partial charge on any atom is -0.357 e. The van der Waals surface area contributed by atoms with Crippen molar-refractivity contribution in [2.45, 2.75) is 33.4 Å². The number of halogens is 1. The molecule has 0 fully saturated rings. The molecule has 2 aromatic rings. The van der Waals surface area contributed by atoms with Crippen LogP contribution >= 0.6 is 24.0 Å². The Balaban J connectivity index is 0.00000392. The Kier molecular flexibility index (Phi) is 10.6. The fraction of sp³-hybridized carbons (Fsp3) is 0.450. The molecular formula is C20H31IN6O. The molecule has 2 N–H and O–H groups in total. The van der Waals surface area contributed by atoms with E-state index in [0.29, 0.717) is 12.1 Å². The van der Waals surface area contributed by atoms with Crippen LogP contribution < -0.4 is 10.6 Å². The van der Waals surface area contributed by atoms with Gasteiger partial charge in [-0.15, -0.1) is 24.0 Å². The van der Waals surface area contributed by atoms with Crippen LogP contribution in [0.2, 0.25) is 0 Å². The molecule has 0 radical (unpaired) electrons. The van der Waals surface area contributed by atoms with Gasteiger partial charge in [-0.3, -0.25) is 9.48 Å². The zero-order chi connectivity index (χ0) is 19.6. The second kappa shape index (κ2) is 12.4. The van der Waals surface area contributed by atoms with E-state index in [1.165, 1.54) is 5.56 Å². The number of carbonyl (C=O) groups excluding carboxylic acids is 1. The number of aliphatic imine (C=N–C) groups is 1. The number of hydrogen-bond donors (Lipinski definition) is 2. The minimum atomic E-state index is 0. The van der Waals surface area contributed by atoms with Crippen LogP contribution in [0.3, 0.4) is 0 Å². The second-order valence-corrected chi connectivity index (χ2v) is 6.65. The first-order valence-electron chi connectivity index (χ1n) is 9.31. The molecule has 2 rings (SSSR count). The van der Waals surface area contributed by atoms with E-state index in [4.69, 9.17) is 0 Å². The van der Waals surface area contributed by atoms with Crippen molar-refractivity contribution in [2.24, 2.45) is 4.99 Å². The van der Waals surface area contributed by atoms with Gasteiger partial charge in [0.15, 0.2) is 5.96 Å². The molecule has 0 saturated carbocycles. The Hall–Kier alpha value is -2.10. The second-order valence-electron chi connectivity index (χ2n) is 6.65. The SMILES string of the molecule is CCNC(=NCc1ccc(C(=O)N(C)C)cc1)NCCCn1cc(C)cn1.I. The number of benzene rings is 1. The normalized spacial score (nSPS) is 10.9. The van der Waals surface area contributed by atoms with Gasteiger partial charge in [-0.25, -0.2) is 4.99 Å². The highest BCUT2D eigenvalue weighted by Crippen LogP contribution is 2.07. The molecule has 0 aliphatic carbocycles. The number of rotatable bonds is 8. The van der Waals surface area contributed by atoms with Crippen LogP contribution in [-0.4, -0.2) is 53.7 Å². The van der Waals surface area contributed by atoms with Gasteiger partial charge in [0.2, 0.25) is 0 Å². The molecule has 0 bridgehead atoms. The van der Waals surface area contributed by atoms with Gasteiger partial charge in [0.1, 0.15) is 0 Å². The lowest BCUT2D eigenvalue weighted by molar-refractivity contribution is 0.0827. The topological polar surface area (TPSA) is 74.6 Å². The first-order chi connectivity index (χ1) is 13.0. The van der Waals surface area contributed by atoms with E-state index in [1.54, 1.807) is 19.0 Å². The van der Waals surface area contributed by atoms with Crippen molar-refractivity contribution < 1.29 is 4.79 Å². The highest BCUT2D eigenvalue weighted by molar-refractivity contribution is 14.0. The van der Waals surface area contributed by atoms with E-state index < -0.39 is 0 Å². The molecule has 8 heteroatoms.